The van der Waals surface area contributed by atoms with Gasteiger partial charge in [0.05, 0.1) is 29.2 Å². The van der Waals surface area contributed by atoms with Crippen LogP contribution in [0.25, 0.3) is 16.8 Å². The molecule has 6 heteroatoms. The number of hydrogen-bond donors (Lipinski definition) is 0. The van der Waals surface area contributed by atoms with Crippen LogP contribution in [0.2, 0.25) is 0 Å². The molecule has 0 N–H and O–H groups in total. The largest absolute Gasteiger partial charge is 0.490 e. The average molecular weight is 429 g/mol. The van der Waals surface area contributed by atoms with Crippen LogP contribution in [0.1, 0.15) is 30.5 Å². The fraction of sp³-hybridized carbons (Fsp3) is 0.160. The molecule has 31 heavy (non-hydrogen) atoms. The van der Waals surface area contributed by atoms with E-state index in [-0.39, 0.29) is 23.8 Å². The molecule has 154 valence electrons. The highest BCUT2D eigenvalue weighted by Crippen LogP contribution is 2.37. The van der Waals surface area contributed by atoms with Crippen molar-refractivity contribution in [2.24, 2.45) is 0 Å². The number of thioether (sulfide) groups is 1. The number of hydrogen-bond acceptors (Lipinski definition) is 5. The lowest BCUT2D eigenvalue weighted by Crippen LogP contribution is -2.27. The van der Waals surface area contributed by atoms with E-state index < -0.39 is 0 Å². The van der Waals surface area contributed by atoms with Crippen LogP contribution in [-0.2, 0) is 11.3 Å². The van der Waals surface area contributed by atoms with Gasteiger partial charge in [0.25, 0.3) is 11.1 Å². The molecule has 0 saturated carbocycles. The summed E-state index contributed by atoms with van der Waals surface area (Å²) >= 11 is 0.906. The maximum absolute atomic E-state index is 13.1. The normalized spacial score (nSPS) is 15.2. The van der Waals surface area contributed by atoms with E-state index in [0.717, 1.165) is 28.1 Å². The summed E-state index contributed by atoms with van der Waals surface area (Å²) in [6, 6.07) is 20.8. The number of carbonyl (C=O) groups is 2. The van der Waals surface area contributed by atoms with Crippen LogP contribution < -0.4 is 4.74 Å². The van der Waals surface area contributed by atoms with Crippen LogP contribution in [0.3, 0.4) is 0 Å². The van der Waals surface area contributed by atoms with Gasteiger partial charge in [-0.15, -0.1) is 0 Å². The van der Waals surface area contributed by atoms with Crippen molar-refractivity contribution in [3.63, 3.8) is 0 Å². The van der Waals surface area contributed by atoms with Crippen molar-refractivity contribution in [3.8, 4) is 11.8 Å². The molecule has 0 bridgehead atoms. The van der Waals surface area contributed by atoms with E-state index in [4.69, 9.17) is 4.74 Å². The fourth-order valence-corrected chi connectivity index (χ4v) is 4.31. The summed E-state index contributed by atoms with van der Waals surface area (Å²) < 4.78 is 5.98. The lowest BCUT2D eigenvalue weighted by atomic mass is 10.0. The summed E-state index contributed by atoms with van der Waals surface area (Å²) in [7, 11) is 0. The number of nitrogens with zero attached hydrogens (tertiary/aromatic N) is 2. The Morgan fingerprint density at radius 3 is 2.58 bits per heavy atom. The Hall–Kier alpha value is -3.56. The third-order valence-electron chi connectivity index (χ3n) is 4.91. The molecule has 1 aliphatic rings. The van der Waals surface area contributed by atoms with Crippen molar-refractivity contribution in [2.45, 2.75) is 26.5 Å². The average Bonchev–Trinajstić information content (AvgIpc) is 3.02. The van der Waals surface area contributed by atoms with Crippen molar-refractivity contribution in [1.29, 1.82) is 5.26 Å². The number of rotatable bonds is 5. The van der Waals surface area contributed by atoms with Crippen LogP contribution in [0.4, 0.5) is 4.79 Å². The summed E-state index contributed by atoms with van der Waals surface area (Å²) in [5.74, 6) is 0.293. The molecule has 1 fully saturated rings. The molecule has 0 spiro atoms. The fourth-order valence-electron chi connectivity index (χ4n) is 3.49. The van der Waals surface area contributed by atoms with E-state index >= 15 is 0 Å². The third kappa shape index (κ3) is 4.18. The molecule has 3 aromatic rings. The number of fused-ring (bicyclic) bond motifs is 1. The van der Waals surface area contributed by atoms with Gasteiger partial charge in [0.1, 0.15) is 5.75 Å². The smallest absolute Gasteiger partial charge is 0.293 e. The molecule has 0 radical (unpaired) electrons. The Kier molecular flexibility index (Phi) is 5.79. The number of imide groups is 1. The zero-order valence-electron chi connectivity index (χ0n) is 17.2. The van der Waals surface area contributed by atoms with E-state index in [2.05, 4.69) is 6.07 Å². The molecule has 5 nitrogen and oxygen atoms in total. The summed E-state index contributed by atoms with van der Waals surface area (Å²) in [6.07, 6.45) is 1.70. The molecule has 0 aliphatic carbocycles. The van der Waals surface area contributed by atoms with Crippen LogP contribution >= 0.6 is 11.8 Å². The lowest BCUT2D eigenvalue weighted by Gasteiger charge is -2.15. The van der Waals surface area contributed by atoms with Crippen LogP contribution in [-0.4, -0.2) is 22.2 Å². The Morgan fingerprint density at radius 2 is 1.81 bits per heavy atom. The number of benzene rings is 3. The van der Waals surface area contributed by atoms with Gasteiger partial charge < -0.3 is 4.74 Å². The van der Waals surface area contributed by atoms with Gasteiger partial charge in [-0.3, -0.25) is 14.5 Å². The first kappa shape index (κ1) is 20.7. The van der Waals surface area contributed by atoms with Crippen LogP contribution in [0, 0.1) is 11.3 Å². The second kappa shape index (κ2) is 8.66. The quantitative estimate of drug-likeness (QED) is 0.485. The van der Waals surface area contributed by atoms with Gasteiger partial charge in [0, 0.05) is 5.56 Å². The molecule has 0 unspecified atom stereocenters. The Morgan fingerprint density at radius 1 is 1.06 bits per heavy atom. The Balaban J connectivity index is 1.73. The van der Waals surface area contributed by atoms with Gasteiger partial charge in [0.2, 0.25) is 0 Å². The van der Waals surface area contributed by atoms with Crippen LogP contribution in [0.5, 0.6) is 5.75 Å². The van der Waals surface area contributed by atoms with Crippen molar-refractivity contribution in [3.05, 3.63) is 82.3 Å². The zero-order valence-corrected chi connectivity index (χ0v) is 18.0. The van der Waals surface area contributed by atoms with Gasteiger partial charge in [-0.1, -0.05) is 48.5 Å². The van der Waals surface area contributed by atoms with Gasteiger partial charge in [0.15, 0.2) is 0 Å². The second-order valence-corrected chi connectivity index (χ2v) is 8.40. The van der Waals surface area contributed by atoms with Crippen molar-refractivity contribution >= 4 is 39.8 Å². The standard InChI is InChI=1S/C25H20N2O3S/c1-16(2)30-22-12-11-17-7-5-6-10-20(17)21(22)13-23-24(28)27(25(29)31-23)15-19-9-4-3-8-18(19)14-26/h3-13,16H,15H2,1-2H3/b23-13-. The van der Waals surface area contributed by atoms with Crippen molar-refractivity contribution in [1.82, 2.24) is 4.90 Å². The molecular formula is C25H20N2O3S. The minimum Gasteiger partial charge on any atom is -0.490 e. The Bertz CT molecular complexity index is 1260. The maximum Gasteiger partial charge on any atom is 0.293 e. The van der Waals surface area contributed by atoms with Gasteiger partial charge in [-0.25, -0.2) is 0 Å². The highest BCUT2D eigenvalue weighted by Gasteiger charge is 2.35. The first-order valence-corrected chi connectivity index (χ1v) is 10.7. The minimum atomic E-state index is -0.369. The third-order valence-corrected chi connectivity index (χ3v) is 5.82. The minimum absolute atomic E-state index is 0.0362. The molecule has 0 aromatic heterocycles. The maximum atomic E-state index is 13.1. The van der Waals surface area contributed by atoms with E-state index in [0.29, 0.717) is 21.8 Å². The summed E-state index contributed by atoms with van der Waals surface area (Å²) in [5.41, 5.74) is 1.87. The van der Waals surface area contributed by atoms with Crippen molar-refractivity contribution in [2.75, 3.05) is 0 Å². The zero-order chi connectivity index (χ0) is 22.0. The number of amides is 2. The lowest BCUT2D eigenvalue weighted by molar-refractivity contribution is -0.123. The molecule has 1 heterocycles. The van der Waals surface area contributed by atoms with E-state index in [1.165, 1.54) is 4.90 Å². The Labute approximate surface area is 184 Å². The summed E-state index contributed by atoms with van der Waals surface area (Å²) in [4.78, 5) is 27.2. The number of nitriles is 1. The molecule has 4 rings (SSSR count). The van der Waals surface area contributed by atoms with Crippen LogP contribution in [0.15, 0.2) is 65.6 Å². The SMILES string of the molecule is CC(C)Oc1ccc2ccccc2c1/C=C1\SC(=O)N(Cc2ccccc2C#N)C1=O. The monoisotopic (exact) mass is 428 g/mol. The molecule has 3 aromatic carbocycles. The van der Waals surface area contributed by atoms with Gasteiger partial charge in [-0.2, -0.15) is 5.26 Å². The van der Waals surface area contributed by atoms with E-state index in [9.17, 15) is 14.9 Å². The topological polar surface area (TPSA) is 70.4 Å². The highest BCUT2D eigenvalue weighted by atomic mass is 32.2. The molecule has 1 saturated heterocycles. The number of carbonyl (C=O) groups excluding carboxylic acids is 2. The molecular weight excluding hydrogens is 408 g/mol. The highest BCUT2D eigenvalue weighted by molar-refractivity contribution is 8.18. The molecule has 2 amide bonds. The first-order chi connectivity index (χ1) is 15.0. The predicted molar refractivity (Wildman–Crippen MR) is 122 cm³/mol. The van der Waals surface area contributed by atoms with Gasteiger partial charge in [-0.05, 0) is 60.2 Å². The second-order valence-electron chi connectivity index (χ2n) is 7.40. The summed E-state index contributed by atoms with van der Waals surface area (Å²) in [5, 5.41) is 10.9. The number of ether oxygens (including phenoxy) is 1. The molecule has 1 aliphatic heterocycles. The van der Waals surface area contributed by atoms with Gasteiger partial charge >= 0.3 is 0 Å². The predicted octanol–water partition coefficient (Wildman–Crippen LogP) is 5.74. The summed E-state index contributed by atoms with van der Waals surface area (Å²) in [6.45, 7) is 3.95. The van der Waals surface area contributed by atoms with Crippen molar-refractivity contribution < 1.29 is 14.3 Å². The first-order valence-electron chi connectivity index (χ1n) is 9.89. The molecule has 0 atom stereocenters. The van der Waals surface area contributed by atoms with E-state index in [1.54, 1.807) is 30.3 Å². The van der Waals surface area contributed by atoms with E-state index in [1.807, 2.05) is 50.2 Å².